The number of hydrogen-bond acceptors (Lipinski definition) is 2. The Bertz CT molecular complexity index is 1140. The van der Waals surface area contributed by atoms with E-state index >= 15 is 0 Å². The number of H-pyrrole nitrogens is 1. The molecule has 2 aliphatic rings. The monoisotopic (exact) mass is 465 g/mol. The van der Waals surface area contributed by atoms with Gasteiger partial charge >= 0.3 is 0 Å². The summed E-state index contributed by atoms with van der Waals surface area (Å²) < 4.78 is 0.958. The van der Waals surface area contributed by atoms with E-state index in [4.69, 9.17) is 0 Å². The molecule has 0 saturated carbocycles. The number of aromatic nitrogens is 1. The lowest BCUT2D eigenvalue weighted by atomic mass is 9.86. The largest absolute Gasteiger partial charge is 0.356 e. The molecule has 0 aliphatic carbocycles. The van der Waals surface area contributed by atoms with Crippen molar-refractivity contribution in [1.29, 1.82) is 0 Å². The second-order valence-electron chi connectivity index (χ2n) is 8.15. The molecular weight excluding hydrogens is 442 g/mol. The standard InChI is InChI=1S/C24H24BrN3O2/c1-2-3-11-27-14-21(29)28-20(24(27)30)13-18-17-9-4-5-10-19(17)26-22(18)23(28)15-7-6-8-16(25)12-15/h4-10,12,20,23,26H,2-3,11,13-14H2,1H3. The molecule has 0 spiro atoms. The Labute approximate surface area is 184 Å². The first-order valence-corrected chi connectivity index (χ1v) is 11.3. The van der Waals surface area contributed by atoms with Gasteiger partial charge in [0.1, 0.15) is 6.04 Å². The number of hydrogen-bond donors (Lipinski definition) is 1. The minimum atomic E-state index is -0.459. The zero-order valence-corrected chi connectivity index (χ0v) is 18.5. The van der Waals surface area contributed by atoms with Gasteiger partial charge < -0.3 is 14.8 Å². The van der Waals surface area contributed by atoms with Gasteiger partial charge in [0, 0.05) is 34.0 Å². The van der Waals surface area contributed by atoms with Gasteiger partial charge in [-0.3, -0.25) is 9.59 Å². The van der Waals surface area contributed by atoms with Crippen molar-refractivity contribution in [2.45, 2.75) is 38.3 Å². The highest BCUT2D eigenvalue weighted by atomic mass is 79.9. The molecule has 5 rings (SSSR count). The molecule has 1 fully saturated rings. The van der Waals surface area contributed by atoms with Gasteiger partial charge in [-0.25, -0.2) is 0 Å². The minimum Gasteiger partial charge on any atom is -0.356 e. The number of para-hydroxylation sites is 1. The van der Waals surface area contributed by atoms with Gasteiger partial charge in [0.15, 0.2) is 0 Å². The van der Waals surface area contributed by atoms with Gasteiger partial charge in [-0.2, -0.15) is 0 Å². The van der Waals surface area contributed by atoms with Crippen molar-refractivity contribution in [3.63, 3.8) is 0 Å². The van der Waals surface area contributed by atoms with Crippen molar-refractivity contribution in [3.05, 3.63) is 69.8 Å². The fourth-order valence-corrected chi connectivity index (χ4v) is 5.30. The molecule has 0 radical (unpaired) electrons. The third-order valence-electron chi connectivity index (χ3n) is 6.29. The Morgan fingerprint density at radius 1 is 1.13 bits per heavy atom. The summed E-state index contributed by atoms with van der Waals surface area (Å²) in [4.78, 5) is 33.9. The lowest BCUT2D eigenvalue weighted by Gasteiger charge is -2.47. The molecule has 30 heavy (non-hydrogen) atoms. The van der Waals surface area contributed by atoms with E-state index in [-0.39, 0.29) is 24.4 Å². The van der Waals surface area contributed by atoms with Gasteiger partial charge in [0.25, 0.3) is 0 Å². The second kappa shape index (κ2) is 7.58. The zero-order valence-electron chi connectivity index (χ0n) is 16.9. The van der Waals surface area contributed by atoms with Crippen LogP contribution < -0.4 is 0 Å². The number of nitrogens with zero attached hydrogens (tertiary/aromatic N) is 2. The highest BCUT2D eigenvalue weighted by molar-refractivity contribution is 9.10. The molecular formula is C24H24BrN3O2. The number of benzene rings is 2. The molecule has 2 amide bonds. The maximum absolute atomic E-state index is 13.4. The highest BCUT2D eigenvalue weighted by Gasteiger charge is 2.48. The Kier molecular flexibility index (Phi) is 4.89. The van der Waals surface area contributed by atoms with Gasteiger partial charge in [-0.1, -0.05) is 59.6 Å². The number of carbonyl (C=O) groups is 2. The number of nitrogens with one attached hydrogen (secondary N) is 1. The van der Waals surface area contributed by atoms with Gasteiger partial charge in [-0.05, 0) is 35.7 Å². The molecule has 2 unspecified atom stereocenters. The number of unbranched alkanes of at least 4 members (excludes halogenated alkanes) is 1. The Hall–Kier alpha value is -2.60. The average Bonchev–Trinajstić information content (AvgIpc) is 3.12. The molecule has 2 atom stereocenters. The predicted octanol–water partition coefficient (Wildman–Crippen LogP) is 4.42. The van der Waals surface area contributed by atoms with Crippen molar-refractivity contribution in [2.75, 3.05) is 13.1 Å². The third-order valence-corrected chi connectivity index (χ3v) is 6.78. The van der Waals surface area contributed by atoms with Gasteiger partial charge in [0.05, 0.1) is 12.6 Å². The maximum Gasteiger partial charge on any atom is 0.246 e. The van der Waals surface area contributed by atoms with Crippen LogP contribution >= 0.6 is 15.9 Å². The lowest BCUT2D eigenvalue weighted by Crippen LogP contribution is -2.63. The summed E-state index contributed by atoms with van der Waals surface area (Å²) in [5.41, 5.74) is 4.22. The highest BCUT2D eigenvalue weighted by Crippen LogP contribution is 2.42. The molecule has 2 aliphatic heterocycles. The summed E-state index contributed by atoms with van der Waals surface area (Å²) in [6.45, 7) is 2.91. The zero-order chi connectivity index (χ0) is 20.8. The van der Waals surface area contributed by atoms with Crippen molar-refractivity contribution in [1.82, 2.24) is 14.8 Å². The molecule has 1 saturated heterocycles. The molecule has 154 valence electrons. The molecule has 5 nitrogen and oxygen atoms in total. The second-order valence-corrected chi connectivity index (χ2v) is 9.07. The van der Waals surface area contributed by atoms with Crippen molar-refractivity contribution >= 4 is 38.6 Å². The smallest absolute Gasteiger partial charge is 0.246 e. The first kappa shape index (κ1) is 19.4. The van der Waals surface area contributed by atoms with E-state index in [2.05, 4.69) is 40.0 Å². The minimum absolute atomic E-state index is 0.0185. The number of aromatic amines is 1. The predicted molar refractivity (Wildman–Crippen MR) is 120 cm³/mol. The first-order chi connectivity index (χ1) is 14.6. The van der Waals surface area contributed by atoms with E-state index in [1.807, 2.05) is 41.3 Å². The topological polar surface area (TPSA) is 56.4 Å². The Balaban J connectivity index is 1.67. The summed E-state index contributed by atoms with van der Waals surface area (Å²) in [5, 5.41) is 1.14. The quantitative estimate of drug-likeness (QED) is 0.619. The SMILES string of the molecule is CCCCN1CC(=O)N2C(Cc3c([nH]c4ccccc34)C2c2cccc(Br)c2)C1=O. The van der Waals surface area contributed by atoms with Crippen LogP contribution in [0.5, 0.6) is 0 Å². The van der Waals surface area contributed by atoms with Crippen molar-refractivity contribution < 1.29 is 9.59 Å². The van der Waals surface area contributed by atoms with Crippen LogP contribution in [0.15, 0.2) is 53.0 Å². The molecule has 6 heteroatoms. The fraction of sp³-hybridized carbons (Fsp3) is 0.333. The number of halogens is 1. The van der Waals surface area contributed by atoms with E-state index in [1.165, 1.54) is 0 Å². The maximum atomic E-state index is 13.4. The molecule has 3 aromatic rings. The van der Waals surface area contributed by atoms with Crippen LogP contribution in [0.25, 0.3) is 10.9 Å². The summed E-state index contributed by atoms with van der Waals surface area (Å²) in [5.74, 6) is 0.0870. The van der Waals surface area contributed by atoms with Gasteiger partial charge in [-0.15, -0.1) is 0 Å². The van der Waals surface area contributed by atoms with Crippen LogP contribution in [0, 0.1) is 0 Å². The normalized spacial score (nSPS) is 21.1. The molecule has 1 N–H and O–H groups in total. The lowest BCUT2D eigenvalue weighted by molar-refractivity contribution is -0.158. The van der Waals surface area contributed by atoms with Crippen LogP contribution in [-0.2, 0) is 16.0 Å². The number of fused-ring (bicyclic) bond motifs is 4. The van der Waals surface area contributed by atoms with E-state index in [1.54, 1.807) is 4.90 Å². The van der Waals surface area contributed by atoms with Crippen LogP contribution in [-0.4, -0.2) is 45.7 Å². The fourth-order valence-electron chi connectivity index (χ4n) is 4.88. The van der Waals surface area contributed by atoms with Crippen molar-refractivity contribution in [3.8, 4) is 0 Å². The van der Waals surface area contributed by atoms with Crippen LogP contribution in [0.3, 0.4) is 0 Å². The summed E-state index contributed by atoms with van der Waals surface area (Å²) in [7, 11) is 0. The van der Waals surface area contributed by atoms with Crippen LogP contribution in [0.1, 0.15) is 42.6 Å². The van der Waals surface area contributed by atoms with E-state index < -0.39 is 6.04 Å². The molecule has 3 heterocycles. The summed E-state index contributed by atoms with van der Waals surface area (Å²) in [6, 6.07) is 15.5. The number of piperazine rings is 1. The van der Waals surface area contributed by atoms with Crippen molar-refractivity contribution in [2.24, 2.45) is 0 Å². The van der Waals surface area contributed by atoms with Gasteiger partial charge in [0.2, 0.25) is 11.8 Å². The Morgan fingerprint density at radius 2 is 1.97 bits per heavy atom. The molecule has 2 aromatic carbocycles. The van der Waals surface area contributed by atoms with E-state index in [0.717, 1.165) is 45.0 Å². The number of rotatable bonds is 4. The molecule has 0 bridgehead atoms. The van der Waals surface area contributed by atoms with E-state index in [0.29, 0.717) is 13.0 Å². The van der Waals surface area contributed by atoms with Crippen LogP contribution in [0.2, 0.25) is 0 Å². The summed E-state index contributed by atoms with van der Waals surface area (Å²) >= 11 is 3.57. The van der Waals surface area contributed by atoms with Crippen LogP contribution in [0.4, 0.5) is 0 Å². The number of carbonyl (C=O) groups excluding carboxylic acids is 2. The first-order valence-electron chi connectivity index (χ1n) is 10.5. The summed E-state index contributed by atoms with van der Waals surface area (Å²) in [6.07, 6.45) is 2.47. The average molecular weight is 466 g/mol. The van der Waals surface area contributed by atoms with E-state index in [9.17, 15) is 9.59 Å². The number of amides is 2. The molecule has 1 aromatic heterocycles. The Morgan fingerprint density at radius 3 is 2.77 bits per heavy atom. The third kappa shape index (κ3) is 3.05.